The van der Waals surface area contributed by atoms with E-state index in [4.69, 9.17) is 0 Å². The molecule has 3 rings (SSSR count). The summed E-state index contributed by atoms with van der Waals surface area (Å²) < 4.78 is 26.6. The molecule has 2 saturated heterocycles. The molecular formula is C15H19NO4S. The van der Waals surface area contributed by atoms with Crippen molar-refractivity contribution in [3.05, 3.63) is 35.9 Å². The molecule has 0 spiro atoms. The lowest BCUT2D eigenvalue weighted by Crippen LogP contribution is -2.39. The van der Waals surface area contributed by atoms with E-state index in [1.54, 1.807) is 0 Å². The number of carbonyl (C=O) groups is 1. The summed E-state index contributed by atoms with van der Waals surface area (Å²) in [4.78, 5) is 11.2. The van der Waals surface area contributed by atoms with E-state index in [9.17, 15) is 18.3 Å². The fourth-order valence-electron chi connectivity index (χ4n) is 3.63. The van der Waals surface area contributed by atoms with Crippen LogP contribution in [0, 0.1) is 5.92 Å². The second-order valence-corrected chi connectivity index (χ2v) is 7.85. The summed E-state index contributed by atoms with van der Waals surface area (Å²) in [5, 5.41) is 9.21. The van der Waals surface area contributed by atoms with Crippen LogP contribution < -0.4 is 0 Å². The number of fused-ring (bicyclic) bond motifs is 2. The van der Waals surface area contributed by atoms with Crippen molar-refractivity contribution in [1.29, 1.82) is 0 Å². The number of nitrogens with zero attached hydrogens (tertiary/aromatic N) is 1. The fraction of sp³-hybridized carbons (Fsp3) is 0.533. The summed E-state index contributed by atoms with van der Waals surface area (Å²) in [6, 6.07) is 9.05. The van der Waals surface area contributed by atoms with Crippen LogP contribution in [0.15, 0.2) is 30.3 Å². The Morgan fingerprint density at radius 3 is 2.57 bits per heavy atom. The quantitative estimate of drug-likeness (QED) is 0.894. The summed E-state index contributed by atoms with van der Waals surface area (Å²) in [5.41, 5.74) is 0.988. The van der Waals surface area contributed by atoms with E-state index >= 15 is 0 Å². The topological polar surface area (TPSA) is 74.7 Å². The molecule has 2 aliphatic heterocycles. The van der Waals surface area contributed by atoms with Crippen molar-refractivity contribution in [1.82, 2.24) is 4.31 Å². The maximum absolute atomic E-state index is 12.6. The highest BCUT2D eigenvalue weighted by atomic mass is 32.2. The van der Waals surface area contributed by atoms with Gasteiger partial charge in [0.25, 0.3) is 0 Å². The van der Waals surface area contributed by atoms with Gasteiger partial charge in [0, 0.05) is 12.1 Å². The van der Waals surface area contributed by atoms with Gasteiger partial charge in [0.05, 0.1) is 11.7 Å². The lowest BCUT2D eigenvalue weighted by molar-refractivity contribution is -0.142. The number of benzene rings is 1. The number of hydrogen-bond donors (Lipinski definition) is 1. The van der Waals surface area contributed by atoms with Gasteiger partial charge in [-0.25, -0.2) is 8.42 Å². The van der Waals surface area contributed by atoms with Gasteiger partial charge >= 0.3 is 5.97 Å². The Balaban J connectivity index is 1.72. The molecular weight excluding hydrogens is 290 g/mol. The third-order valence-corrected chi connectivity index (χ3v) is 6.53. The number of sulfonamides is 1. The molecule has 0 radical (unpaired) electrons. The average Bonchev–Trinajstić information content (AvgIpc) is 3.05. The fourth-order valence-corrected chi connectivity index (χ4v) is 5.65. The molecule has 1 aromatic rings. The molecule has 5 nitrogen and oxygen atoms in total. The molecule has 2 aliphatic rings. The standard InChI is InChI=1S/C15H19NO4S/c17-15(18)13-10-12-6-7-14(13)16(12)21(19,20)9-8-11-4-2-1-3-5-11/h1-5,12-14H,6-10H2,(H,17,18). The number of rotatable bonds is 5. The smallest absolute Gasteiger partial charge is 0.308 e. The first kappa shape index (κ1) is 14.5. The molecule has 0 aliphatic carbocycles. The summed E-state index contributed by atoms with van der Waals surface area (Å²) >= 11 is 0. The van der Waals surface area contributed by atoms with Crippen LogP contribution in [0.2, 0.25) is 0 Å². The van der Waals surface area contributed by atoms with Gasteiger partial charge in [0.1, 0.15) is 0 Å². The molecule has 3 unspecified atom stereocenters. The van der Waals surface area contributed by atoms with Crippen molar-refractivity contribution in [2.45, 2.75) is 37.8 Å². The minimum atomic E-state index is -3.39. The molecule has 3 atom stereocenters. The maximum Gasteiger partial charge on any atom is 0.308 e. The van der Waals surface area contributed by atoms with Gasteiger partial charge in [-0.05, 0) is 31.2 Å². The SMILES string of the molecule is O=C(O)C1CC2CCC1N2S(=O)(=O)CCc1ccccc1. The minimum Gasteiger partial charge on any atom is -0.481 e. The lowest BCUT2D eigenvalue weighted by Gasteiger charge is -2.22. The Bertz CT molecular complexity index is 628. The van der Waals surface area contributed by atoms with Gasteiger partial charge in [0.2, 0.25) is 10.0 Å². The number of aliphatic carboxylic acids is 1. The largest absolute Gasteiger partial charge is 0.481 e. The van der Waals surface area contributed by atoms with E-state index < -0.39 is 21.9 Å². The lowest BCUT2D eigenvalue weighted by atomic mass is 9.89. The zero-order chi connectivity index (χ0) is 15.0. The monoisotopic (exact) mass is 309 g/mol. The predicted molar refractivity (Wildman–Crippen MR) is 78.3 cm³/mol. The van der Waals surface area contributed by atoms with Gasteiger partial charge in [-0.15, -0.1) is 0 Å². The summed E-state index contributed by atoms with van der Waals surface area (Å²) in [6.45, 7) is 0. The van der Waals surface area contributed by atoms with Crippen LogP contribution in [-0.4, -0.2) is 41.6 Å². The molecule has 0 aromatic heterocycles. The number of carboxylic acid groups (broad SMARTS) is 1. The first-order valence-corrected chi connectivity index (χ1v) is 8.88. The van der Waals surface area contributed by atoms with Gasteiger partial charge in [0.15, 0.2) is 0 Å². The average molecular weight is 309 g/mol. The van der Waals surface area contributed by atoms with E-state index in [0.29, 0.717) is 19.3 Å². The molecule has 6 heteroatoms. The van der Waals surface area contributed by atoms with E-state index in [1.165, 1.54) is 4.31 Å². The van der Waals surface area contributed by atoms with E-state index in [0.717, 1.165) is 12.0 Å². The Labute approximate surface area is 124 Å². The summed E-state index contributed by atoms with van der Waals surface area (Å²) in [6.07, 6.45) is 2.40. The zero-order valence-corrected chi connectivity index (χ0v) is 12.5. The van der Waals surface area contributed by atoms with Crippen molar-refractivity contribution in [2.24, 2.45) is 5.92 Å². The first-order chi connectivity index (χ1) is 9.99. The molecule has 2 fully saturated rings. The normalized spacial score (nSPS) is 28.9. The van der Waals surface area contributed by atoms with Gasteiger partial charge in [-0.2, -0.15) is 4.31 Å². The highest BCUT2D eigenvalue weighted by Crippen LogP contribution is 2.43. The molecule has 2 heterocycles. The Kier molecular flexibility index (Phi) is 3.75. The third kappa shape index (κ3) is 2.70. The van der Waals surface area contributed by atoms with E-state index in [-0.39, 0.29) is 17.8 Å². The van der Waals surface area contributed by atoms with E-state index in [1.807, 2.05) is 30.3 Å². The Morgan fingerprint density at radius 2 is 1.95 bits per heavy atom. The molecule has 0 saturated carbocycles. The molecule has 2 bridgehead atoms. The van der Waals surface area contributed by atoms with Crippen molar-refractivity contribution < 1.29 is 18.3 Å². The molecule has 114 valence electrons. The van der Waals surface area contributed by atoms with E-state index in [2.05, 4.69) is 0 Å². The predicted octanol–water partition coefficient (Wildman–Crippen LogP) is 1.50. The van der Waals surface area contributed by atoms with Crippen LogP contribution in [0.3, 0.4) is 0 Å². The van der Waals surface area contributed by atoms with Gasteiger partial charge < -0.3 is 5.11 Å². The Hall–Kier alpha value is -1.40. The second kappa shape index (κ2) is 5.42. The molecule has 1 N–H and O–H groups in total. The van der Waals surface area contributed by atoms with Crippen LogP contribution in [0.1, 0.15) is 24.8 Å². The summed E-state index contributed by atoms with van der Waals surface area (Å²) in [5.74, 6) is -1.35. The molecule has 1 aromatic carbocycles. The van der Waals surface area contributed by atoms with Crippen LogP contribution in [0.25, 0.3) is 0 Å². The zero-order valence-electron chi connectivity index (χ0n) is 11.7. The molecule has 0 amide bonds. The molecule has 21 heavy (non-hydrogen) atoms. The number of hydrogen-bond acceptors (Lipinski definition) is 3. The van der Waals surface area contributed by atoms with Crippen LogP contribution in [0.4, 0.5) is 0 Å². The van der Waals surface area contributed by atoms with Crippen LogP contribution in [0.5, 0.6) is 0 Å². The highest BCUT2D eigenvalue weighted by molar-refractivity contribution is 7.89. The Morgan fingerprint density at radius 1 is 1.24 bits per heavy atom. The van der Waals surface area contributed by atoms with Crippen LogP contribution >= 0.6 is 0 Å². The minimum absolute atomic E-state index is 0.0519. The number of carboxylic acids is 1. The van der Waals surface area contributed by atoms with Gasteiger partial charge in [-0.1, -0.05) is 30.3 Å². The van der Waals surface area contributed by atoms with Crippen molar-refractivity contribution >= 4 is 16.0 Å². The highest BCUT2D eigenvalue weighted by Gasteiger charge is 2.53. The third-order valence-electron chi connectivity index (χ3n) is 4.60. The van der Waals surface area contributed by atoms with Crippen molar-refractivity contribution in [3.8, 4) is 0 Å². The van der Waals surface area contributed by atoms with Crippen molar-refractivity contribution in [2.75, 3.05) is 5.75 Å². The van der Waals surface area contributed by atoms with Gasteiger partial charge in [-0.3, -0.25) is 4.79 Å². The maximum atomic E-state index is 12.6. The summed E-state index contributed by atoms with van der Waals surface area (Å²) in [7, 11) is -3.39. The van der Waals surface area contributed by atoms with Crippen molar-refractivity contribution in [3.63, 3.8) is 0 Å². The second-order valence-electron chi connectivity index (χ2n) is 5.86. The number of aryl methyl sites for hydroxylation is 1. The van der Waals surface area contributed by atoms with Crippen LogP contribution in [-0.2, 0) is 21.2 Å². The first-order valence-electron chi connectivity index (χ1n) is 7.27.